The molecule has 102 valence electrons. The van der Waals surface area contributed by atoms with Crippen molar-refractivity contribution < 1.29 is 9.18 Å². The standard InChI is InChI=1S/C16H13ClFNO/c17-13-6-3-4-11(16(13)18)10-19-9-8-15(20)12-5-1-2-7-14(12)19/h1-7H,8-10H2. The normalized spacial score (nSPS) is 14.3. The molecular formula is C16H13ClFNO. The van der Waals surface area contributed by atoms with E-state index in [1.54, 1.807) is 12.1 Å². The van der Waals surface area contributed by atoms with Gasteiger partial charge >= 0.3 is 0 Å². The molecule has 0 N–H and O–H groups in total. The Labute approximate surface area is 121 Å². The molecule has 0 spiro atoms. The van der Waals surface area contributed by atoms with E-state index in [1.165, 1.54) is 6.07 Å². The van der Waals surface area contributed by atoms with E-state index in [4.69, 9.17) is 11.6 Å². The zero-order valence-corrected chi connectivity index (χ0v) is 11.5. The molecule has 4 heteroatoms. The summed E-state index contributed by atoms with van der Waals surface area (Å²) in [6, 6.07) is 12.4. The van der Waals surface area contributed by atoms with Gasteiger partial charge in [0.05, 0.1) is 5.02 Å². The molecule has 0 bridgehead atoms. The van der Waals surface area contributed by atoms with Crippen molar-refractivity contribution in [3.05, 3.63) is 64.4 Å². The minimum atomic E-state index is -0.386. The van der Waals surface area contributed by atoms with Crippen molar-refractivity contribution >= 4 is 23.1 Å². The first-order chi connectivity index (χ1) is 9.66. The van der Waals surface area contributed by atoms with Gasteiger partial charge < -0.3 is 4.90 Å². The van der Waals surface area contributed by atoms with E-state index in [-0.39, 0.29) is 16.6 Å². The van der Waals surface area contributed by atoms with Gasteiger partial charge in [-0.05, 0) is 18.2 Å². The molecule has 0 fully saturated rings. The molecule has 0 aromatic heterocycles. The van der Waals surface area contributed by atoms with E-state index in [9.17, 15) is 9.18 Å². The second-order valence-corrected chi connectivity index (χ2v) is 5.23. The van der Waals surface area contributed by atoms with Crippen LogP contribution < -0.4 is 4.90 Å². The molecule has 1 aliphatic heterocycles. The lowest BCUT2D eigenvalue weighted by Crippen LogP contribution is -2.31. The Morgan fingerprint density at radius 3 is 2.80 bits per heavy atom. The number of hydrogen-bond donors (Lipinski definition) is 0. The van der Waals surface area contributed by atoms with E-state index >= 15 is 0 Å². The molecule has 3 rings (SSSR count). The summed E-state index contributed by atoms with van der Waals surface area (Å²) in [5, 5.41) is 0.129. The van der Waals surface area contributed by atoms with Gasteiger partial charge in [0, 0.05) is 36.3 Å². The lowest BCUT2D eigenvalue weighted by molar-refractivity contribution is 0.0979. The smallest absolute Gasteiger partial charge is 0.166 e. The van der Waals surface area contributed by atoms with Crippen LogP contribution in [0.15, 0.2) is 42.5 Å². The van der Waals surface area contributed by atoms with Gasteiger partial charge in [-0.2, -0.15) is 0 Å². The molecular weight excluding hydrogens is 277 g/mol. The Hall–Kier alpha value is -1.87. The fraction of sp³-hybridized carbons (Fsp3) is 0.188. The summed E-state index contributed by atoms with van der Waals surface area (Å²) in [6.07, 6.45) is 0.458. The molecule has 1 heterocycles. The van der Waals surface area contributed by atoms with Crippen molar-refractivity contribution in [2.75, 3.05) is 11.4 Å². The van der Waals surface area contributed by atoms with Gasteiger partial charge in [-0.15, -0.1) is 0 Å². The van der Waals surface area contributed by atoms with Crippen molar-refractivity contribution in [3.8, 4) is 0 Å². The first-order valence-corrected chi connectivity index (χ1v) is 6.84. The molecule has 0 atom stereocenters. The lowest BCUT2D eigenvalue weighted by atomic mass is 10.00. The van der Waals surface area contributed by atoms with Crippen LogP contribution >= 0.6 is 11.6 Å². The third-order valence-corrected chi connectivity index (χ3v) is 3.84. The van der Waals surface area contributed by atoms with Gasteiger partial charge in [0.1, 0.15) is 5.82 Å². The van der Waals surface area contributed by atoms with E-state index < -0.39 is 0 Å². The number of fused-ring (bicyclic) bond motifs is 1. The molecule has 0 radical (unpaired) electrons. The van der Waals surface area contributed by atoms with Gasteiger partial charge in [0.2, 0.25) is 0 Å². The Bertz CT molecular complexity index is 671. The van der Waals surface area contributed by atoms with Crippen molar-refractivity contribution in [2.24, 2.45) is 0 Å². The maximum atomic E-state index is 14.0. The number of ketones is 1. The number of benzene rings is 2. The minimum absolute atomic E-state index is 0.129. The summed E-state index contributed by atoms with van der Waals surface area (Å²) in [4.78, 5) is 13.9. The van der Waals surface area contributed by atoms with E-state index in [1.807, 2.05) is 29.2 Å². The average molecular weight is 290 g/mol. The second-order valence-electron chi connectivity index (χ2n) is 4.82. The van der Waals surface area contributed by atoms with E-state index in [2.05, 4.69) is 0 Å². The topological polar surface area (TPSA) is 20.3 Å². The Morgan fingerprint density at radius 2 is 1.95 bits per heavy atom. The van der Waals surface area contributed by atoms with Crippen LogP contribution in [0.4, 0.5) is 10.1 Å². The minimum Gasteiger partial charge on any atom is -0.366 e. The van der Waals surface area contributed by atoms with Crippen molar-refractivity contribution in [1.29, 1.82) is 0 Å². The summed E-state index contributed by atoms with van der Waals surface area (Å²) >= 11 is 5.81. The monoisotopic (exact) mass is 289 g/mol. The predicted molar refractivity (Wildman–Crippen MR) is 77.8 cm³/mol. The van der Waals surface area contributed by atoms with Crippen LogP contribution in [0.1, 0.15) is 22.3 Å². The molecule has 20 heavy (non-hydrogen) atoms. The Morgan fingerprint density at radius 1 is 1.15 bits per heavy atom. The maximum absolute atomic E-state index is 14.0. The number of hydrogen-bond acceptors (Lipinski definition) is 2. The highest BCUT2D eigenvalue weighted by Gasteiger charge is 2.23. The number of carbonyl (C=O) groups excluding carboxylic acids is 1. The summed E-state index contributed by atoms with van der Waals surface area (Å²) in [5.74, 6) is -0.244. The largest absolute Gasteiger partial charge is 0.366 e. The Balaban J connectivity index is 1.95. The lowest BCUT2D eigenvalue weighted by Gasteiger charge is -2.30. The molecule has 2 aromatic rings. The van der Waals surface area contributed by atoms with Crippen LogP contribution in [0.2, 0.25) is 5.02 Å². The number of Topliss-reactive ketones (excluding diaryl/α,β-unsaturated/α-hetero) is 1. The number of anilines is 1. The summed E-state index contributed by atoms with van der Waals surface area (Å²) in [5.41, 5.74) is 2.12. The van der Waals surface area contributed by atoms with Gasteiger partial charge in [0.15, 0.2) is 5.78 Å². The van der Waals surface area contributed by atoms with Gasteiger partial charge in [0.25, 0.3) is 0 Å². The number of halogens is 2. The highest BCUT2D eigenvalue weighted by molar-refractivity contribution is 6.30. The molecule has 0 amide bonds. The fourth-order valence-corrected chi connectivity index (χ4v) is 2.71. The van der Waals surface area contributed by atoms with Crippen molar-refractivity contribution in [3.63, 3.8) is 0 Å². The molecule has 2 nitrogen and oxygen atoms in total. The van der Waals surface area contributed by atoms with Gasteiger partial charge in [-0.25, -0.2) is 4.39 Å². The van der Waals surface area contributed by atoms with Gasteiger partial charge in [-0.3, -0.25) is 4.79 Å². The number of para-hydroxylation sites is 1. The third kappa shape index (κ3) is 2.29. The number of rotatable bonds is 2. The summed E-state index contributed by atoms with van der Waals surface area (Å²) in [7, 11) is 0. The highest BCUT2D eigenvalue weighted by atomic mass is 35.5. The first-order valence-electron chi connectivity index (χ1n) is 6.47. The molecule has 0 saturated carbocycles. The van der Waals surface area contributed by atoms with Crippen molar-refractivity contribution in [1.82, 2.24) is 0 Å². The molecule has 1 aliphatic rings. The predicted octanol–water partition coefficient (Wildman–Crippen LogP) is 4.07. The van der Waals surface area contributed by atoms with Crippen LogP contribution in [0.5, 0.6) is 0 Å². The van der Waals surface area contributed by atoms with E-state index in [0.717, 1.165) is 5.69 Å². The molecule has 0 aliphatic carbocycles. The van der Waals surface area contributed by atoms with Crippen molar-refractivity contribution in [2.45, 2.75) is 13.0 Å². The third-order valence-electron chi connectivity index (χ3n) is 3.55. The van der Waals surface area contributed by atoms with Crippen LogP contribution in [-0.2, 0) is 6.54 Å². The second kappa shape index (κ2) is 5.25. The van der Waals surface area contributed by atoms with Crippen LogP contribution in [0.25, 0.3) is 0 Å². The van der Waals surface area contributed by atoms with E-state index in [0.29, 0.717) is 30.6 Å². The first kappa shape index (κ1) is 13.1. The van der Waals surface area contributed by atoms with Gasteiger partial charge in [-0.1, -0.05) is 35.9 Å². The fourth-order valence-electron chi connectivity index (χ4n) is 2.52. The number of carbonyl (C=O) groups is 1. The molecule has 0 saturated heterocycles. The summed E-state index contributed by atoms with van der Waals surface area (Å²) < 4.78 is 14.0. The van der Waals surface area contributed by atoms with Crippen LogP contribution in [0.3, 0.4) is 0 Å². The number of nitrogens with zero attached hydrogens (tertiary/aromatic N) is 1. The van der Waals surface area contributed by atoms with Crippen LogP contribution in [-0.4, -0.2) is 12.3 Å². The van der Waals surface area contributed by atoms with Crippen LogP contribution in [0, 0.1) is 5.82 Å². The quantitative estimate of drug-likeness (QED) is 0.830. The highest BCUT2D eigenvalue weighted by Crippen LogP contribution is 2.29. The zero-order valence-electron chi connectivity index (χ0n) is 10.8. The average Bonchev–Trinajstić information content (AvgIpc) is 2.47. The maximum Gasteiger partial charge on any atom is 0.166 e. The molecule has 0 unspecified atom stereocenters. The Kier molecular flexibility index (Phi) is 3.45. The zero-order chi connectivity index (χ0) is 14.1. The molecule has 2 aromatic carbocycles. The SMILES string of the molecule is O=C1CCN(Cc2cccc(Cl)c2F)c2ccccc21. The summed E-state index contributed by atoms with van der Waals surface area (Å²) in [6.45, 7) is 1.01.